The Bertz CT molecular complexity index is 1250. The van der Waals surface area contributed by atoms with Gasteiger partial charge in [0.2, 0.25) is 5.88 Å². The molecule has 33 heavy (non-hydrogen) atoms. The largest absolute Gasteiger partial charge is 0.494 e. The van der Waals surface area contributed by atoms with Gasteiger partial charge in [0.1, 0.15) is 23.2 Å². The fourth-order valence-corrected chi connectivity index (χ4v) is 3.09. The van der Waals surface area contributed by atoms with Gasteiger partial charge in [-0.1, -0.05) is 35.5 Å². The molecule has 0 saturated carbocycles. The summed E-state index contributed by atoms with van der Waals surface area (Å²) in [6.07, 6.45) is 1.28. The highest BCUT2D eigenvalue weighted by atomic mass is 32.1. The summed E-state index contributed by atoms with van der Waals surface area (Å²) in [4.78, 5) is 20.4. The van der Waals surface area contributed by atoms with Crippen LogP contribution in [0.1, 0.15) is 6.92 Å². The number of carbonyl (C=O) groups is 1. The molecule has 0 aliphatic heterocycles. The number of hydrazine groups is 1. The van der Waals surface area contributed by atoms with Gasteiger partial charge in [-0.15, -0.1) is 0 Å². The van der Waals surface area contributed by atoms with Crippen molar-refractivity contribution in [2.75, 3.05) is 18.5 Å². The van der Waals surface area contributed by atoms with Gasteiger partial charge in [0, 0.05) is 11.3 Å². The van der Waals surface area contributed by atoms with Gasteiger partial charge in [0.25, 0.3) is 11.6 Å². The Kier molecular flexibility index (Phi) is 6.90. The van der Waals surface area contributed by atoms with Crippen LogP contribution in [0.25, 0.3) is 22.4 Å². The first kappa shape index (κ1) is 22.0. The summed E-state index contributed by atoms with van der Waals surface area (Å²) in [5.41, 5.74) is 7.43. The molecule has 4 aromatic rings. The molecule has 0 atom stereocenters. The number of carbonyl (C=O) groups excluding carboxylic acids is 1. The molecule has 0 aliphatic carbocycles. The monoisotopic (exact) mass is 464 g/mol. The summed E-state index contributed by atoms with van der Waals surface area (Å²) in [6.45, 7) is 2.19. The van der Waals surface area contributed by atoms with Crippen LogP contribution in [-0.4, -0.2) is 39.4 Å². The zero-order valence-corrected chi connectivity index (χ0v) is 18.4. The lowest BCUT2D eigenvalue weighted by Gasteiger charge is -2.12. The molecule has 0 spiro atoms. The van der Waals surface area contributed by atoms with E-state index in [0.717, 1.165) is 17.0 Å². The van der Waals surface area contributed by atoms with Crippen molar-refractivity contribution in [1.82, 2.24) is 26.0 Å². The van der Waals surface area contributed by atoms with Crippen molar-refractivity contribution >= 4 is 40.0 Å². The maximum Gasteiger partial charge on any atom is 0.276 e. The number of ether oxygens (including phenoxy) is 2. The van der Waals surface area contributed by atoms with Gasteiger partial charge in [-0.05, 0) is 43.4 Å². The summed E-state index contributed by atoms with van der Waals surface area (Å²) in [6, 6.07) is 16.7. The summed E-state index contributed by atoms with van der Waals surface area (Å²) in [7, 11) is 0. The lowest BCUT2D eigenvalue weighted by Crippen LogP contribution is -2.45. The highest BCUT2D eigenvalue weighted by Gasteiger charge is 2.18. The van der Waals surface area contributed by atoms with Crippen LogP contribution in [0.5, 0.6) is 11.6 Å². The van der Waals surface area contributed by atoms with Gasteiger partial charge in [-0.2, -0.15) is 4.98 Å². The van der Waals surface area contributed by atoms with Crippen LogP contribution in [-0.2, 0) is 4.79 Å². The predicted molar refractivity (Wildman–Crippen MR) is 126 cm³/mol. The minimum atomic E-state index is -0.463. The van der Waals surface area contributed by atoms with Gasteiger partial charge in [0.15, 0.2) is 11.7 Å². The Hall–Kier alpha value is -4.25. The molecular formula is C22H20N6O4S. The highest BCUT2D eigenvalue weighted by Crippen LogP contribution is 2.32. The number of rotatable bonds is 7. The number of aromatic nitrogens is 3. The van der Waals surface area contributed by atoms with Gasteiger partial charge in [-0.3, -0.25) is 15.6 Å². The SMILES string of the molecule is CCOc1ccc(NC(=S)NNC(=O)COc2ncnc3onc(-c4ccccc4)c23)cc1. The molecule has 4 rings (SSSR count). The maximum absolute atomic E-state index is 12.2. The molecule has 168 valence electrons. The molecule has 1 amide bonds. The molecule has 3 N–H and O–H groups in total. The summed E-state index contributed by atoms with van der Waals surface area (Å²) < 4.78 is 16.3. The molecule has 0 saturated heterocycles. The topological polar surface area (TPSA) is 123 Å². The van der Waals surface area contributed by atoms with Crippen LogP contribution in [0.2, 0.25) is 0 Å². The zero-order chi connectivity index (χ0) is 23.0. The van der Waals surface area contributed by atoms with Crippen molar-refractivity contribution in [1.29, 1.82) is 0 Å². The zero-order valence-electron chi connectivity index (χ0n) is 17.6. The van der Waals surface area contributed by atoms with E-state index in [1.165, 1.54) is 6.33 Å². The molecule has 2 aromatic heterocycles. The normalized spacial score (nSPS) is 10.5. The Morgan fingerprint density at radius 3 is 2.58 bits per heavy atom. The molecule has 2 aromatic carbocycles. The Morgan fingerprint density at radius 1 is 1.03 bits per heavy atom. The molecule has 10 nitrogen and oxygen atoms in total. The van der Waals surface area contributed by atoms with Crippen molar-refractivity contribution in [2.24, 2.45) is 0 Å². The number of thiocarbonyl (C=S) groups is 1. The number of nitrogens with zero attached hydrogens (tertiary/aromatic N) is 3. The minimum absolute atomic E-state index is 0.186. The molecule has 11 heteroatoms. The fourth-order valence-electron chi connectivity index (χ4n) is 2.92. The number of fused-ring (bicyclic) bond motifs is 1. The Morgan fingerprint density at radius 2 is 1.82 bits per heavy atom. The van der Waals surface area contributed by atoms with Crippen LogP contribution in [0, 0.1) is 0 Å². The quantitative estimate of drug-likeness (QED) is 0.278. The third kappa shape index (κ3) is 5.52. The molecule has 2 heterocycles. The smallest absolute Gasteiger partial charge is 0.276 e. The van der Waals surface area contributed by atoms with E-state index in [4.69, 9.17) is 26.2 Å². The maximum atomic E-state index is 12.2. The van der Waals surface area contributed by atoms with Crippen molar-refractivity contribution < 1.29 is 18.8 Å². The van der Waals surface area contributed by atoms with Crippen molar-refractivity contribution in [3.8, 4) is 22.9 Å². The van der Waals surface area contributed by atoms with E-state index >= 15 is 0 Å². The third-order valence-electron chi connectivity index (χ3n) is 4.36. The Balaban J connectivity index is 1.33. The van der Waals surface area contributed by atoms with Crippen molar-refractivity contribution in [3.05, 3.63) is 60.9 Å². The molecule has 0 aliphatic rings. The average Bonchev–Trinajstić information content (AvgIpc) is 3.28. The molecular weight excluding hydrogens is 444 g/mol. The van der Waals surface area contributed by atoms with E-state index in [9.17, 15) is 4.79 Å². The van der Waals surface area contributed by atoms with Crippen LogP contribution in [0.3, 0.4) is 0 Å². The number of anilines is 1. The second kappa shape index (κ2) is 10.4. The average molecular weight is 465 g/mol. The molecule has 0 fully saturated rings. The molecule has 0 bridgehead atoms. The van der Waals surface area contributed by atoms with Crippen LogP contribution in [0.15, 0.2) is 65.4 Å². The number of nitrogens with one attached hydrogen (secondary N) is 3. The first-order valence-electron chi connectivity index (χ1n) is 10.0. The van der Waals surface area contributed by atoms with Gasteiger partial charge in [0.05, 0.1) is 6.61 Å². The van der Waals surface area contributed by atoms with E-state index in [-0.39, 0.29) is 23.3 Å². The standard InChI is InChI=1S/C22H20N6O4S/c1-2-30-16-10-8-15(9-11-16)25-22(33)27-26-17(29)12-31-20-18-19(14-6-4-3-5-7-14)28-32-21(18)24-13-23-20/h3-11,13H,2,12H2,1H3,(H,26,29)(H2,25,27,33). The number of amides is 1. The summed E-state index contributed by atoms with van der Waals surface area (Å²) in [5.74, 6) is 0.482. The van der Waals surface area contributed by atoms with Crippen LogP contribution < -0.4 is 25.6 Å². The van der Waals surface area contributed by atoms with E-state index < -0.39 is 5.91 Å². The Labute approximate surface area is 194 Å². The van der Waals surface area contributed by atoms with Gasteiger partial charge >= 0.3 is 0 Å². The van der Waals surface area contributed by atoms with Gasteiger partial charge < -0.3 is 19.3 Å². The van der Waals surface area contributed by atoms with Crippen LogP contribution >= 0.6 is 12.2 Å². The van der Waals surface area contributed by atoms with Crippen molar-refractivity contribution in [3.63, 3.8) is 0 Å². The number of benzene rings is 2. The van der Waals surface area contributed by atoms with Crippen molar-refractivity contribution in [2.45, 2.75) is 6.92 Å². The van der Waals surface area contributed by atoms with E-state index in [0.29, 0.717) is 17.7 Å². The third-order valence-corrected chi connectivity index (χ3v) is 4.57. The number of hydrogen-bond donors (Lipinski definition) is 3. The van der Waals surface area contributed by atoms with E-state index in [1.54, 1.807) is 0 Å². The second-order valence-corrected chi connectivity index (χ2v) is 7.04. The number of hydrogen-bond acceptors (Lipinski definition) is 8. The first-order chi connectivity index (χ1) is 16.1. The fraction of sp³-hybridized carbons (Fsp3) is 0.136. The molecule has 0 radical (unpaired) electrons. The second-order valence-electron chi connectivity index (χ2n) is 6.63. The summed E-state index contributed by atoms with van der Waals surface area (Å²) in [5, 5.41) is 7.71. The summed E-state index contributed by atoms with van der Waals surface area (Å²) >= 11 is 5.19. The van der Waals surface area contributed by atoms with E-state index in [1.807, 2.05) is 61.5 Å². The van der Waals surface area contributed by atoms with E-state index in [2.05, 4.69) is 31.3 Å². The van der Waals surface area contributed by atoms with Crippen LogP contribution in [0.4, 0.5) is 5.69 Å². The predicted octanol–water partition coefficient (Wildman–Crippen LogP) is 3.08. The lowest BCUT2D eigenvalue weighted by atomic mass is 10.1. The lowest BCUT2D eigenvalue weighted by molar-refractivity contribution is -0.123. The van der Waals surface area contributed by atoms with Gasteiger partial charge in [-0.25, -0.2) is 4.98 Å². The highest BCUT2D eigenvalue weighted by molar-refractivity contribution is 7.80. The minimum Gasteiger partial charge on any atom is -0.494 e. The first-order valence-corrected chi connectivity index (χ1v) is 10.4. The molecule has 0 unspecified atom stereocenters.